The Morgan fingerprint density at radius 1 is 1.31 bits per heavy atom. The molecule has 2 heterocycles. The van der Waals surface area contributed by atoms with E-state index >= 15 is 0 Å². The summed E-state index contributed by atoms with van der Waals surface area (Å²) in [6, 6.07) is 4.77. The number of ether oxygens (including phenoxy) is 1. The summed E-state index contributed by atoms with van der Waals surface area (Å²) < 4.78 is 18.9. The summed E-state index contributed by atoms with van der Waals surface area (Å²) in [5, 5.41) is 5.48. The third-order valence-corrected chi connectivity index (χ3v) is 4.66. The Hall–Kier alpha value is -2.41. The van der Waals surface area contributed by atoms with Gasteiger partial charge in [0, 0.05) is 12.2 Å². The molecule has 26 heavy (non-hydrogen) atoms. The zero-order valence-electron chi connectivity index (χ0n) is 14.9. The quantitative estimate of drug-likeness (QED) is 0.791. The molecule has 7 heteroatoms. The molecule has 140 valence electrons. The van der Waals surface area contributed by atoms with Crippen LogP contribution in [0.15, 0.2) is 35.5 Å². The van der Waals surface area contributed by atoms with Crippen molar-refractivity contribution in [2.24, 2.45) is 0 Å². The fourth-order valence-corrected chi connectivity index (χ4v) is 3.47. The fraction of sp³-hybridized carbons (Fsp3) is 0.474. The average Bonchev–Trinajstić information content (AvgIpc) is 2.62. The SMILES string of the molecule is CCOC(=O)C1=C(CN2CCCCC2)NC(=O)NC1c1cccc(F)c1. The number of hydrogen-bond donors (Lipinski definition) is 2. The molecule has 1 aromatic rings. The molecule has 0 bridgehead atoms. The first-order chi connectivity index (χ1) is 12.6. The van der Waals surface area contributed by atoms with Crippen LogP contribution in [0, 0.1) is 5.82 Å². The van der Waals surface area contributed by atoms with Gasteiger partial charge < -0.3 is 15.4 Å². The van der Waals surface area contributed by atoms with Gasteiger partial charge in [0.2, 0.25) is 0 Å². The van der Waals surface area contributed by atoms with Crippen LogP contribution < -0.4 is 10.6 Å². The van der Waals surface area contributed by atoms with Crippen LogP contribution in [0.2, 0.25) is 0 Å². The predicted molar refractivity (Wildman–Crippen MR) is 94.8 cm³/mol. The van der Waals surface area contributed by atoms with E-state index in [4.69, 9.17) is 4.74 Å². The maximum absolute atomic E-state index is 13.7. The number of nitrogens with zero attached hydrogens (tertiary/aromatic N) is 1. The van der Waals surface area contributed by atoms with Crippen molar-refractivity contribution in [2.45, 2.75) is 32.2 Å². The highest BCUT2D eigenvalue weighted by Crippen LogP contribution is 2.29. The van der Waals surface area contributed by atoms with Gasteiger partial charge in [0.25, 0.3) is 0 Å². The van der Waals surface area contributed by atoms with Gasteiger partial charge in [-0.2, -0.15) is 0 Å². The van der Waals surface area contributed by atoms with E-state index in [1.54, 1.807) is 19.1 Å². The van der Waals surface area contributed by atoms with Crippen LogP contribution in [0.3, 0.4) is 0 Å². The first kappa shape index (κ1) is 18.4. The number of rotatable bonds is 5. The van der Waals surface area contributed by atoms with Crippen molar-refractivity contribution in [2.75, 3.05) is 26.2 Å². The van der Waals surface area contributed by atoms with E-state index < -0.39 is 23.9 Å². The van der Waals surface area contributed by atoms with Crippen LogP contribution in [-0.4, -0.2) is 43.1 Å². The lowest BCUT2D eigenvalue weighted by atomic mass is 9.94. The number of nitrogens with one attached hydrogen (secondary N) is 2. The number of amides is 2. The van der Waals surface area contributed by atoms with Crippen molar-refractivity contribution in [3.05, 3.63) is 46.9 Å². The molecule has 1 fully saturated rings. The summed E-state index contributed by atoms with van der Waals surface area (Å²) >= 11 is 0. The van der Waals surface area contributed by atoms with Gasteiger partial charge in [0.15, 0.2) is 0 Å². The van der Waals surface area contributed by atoms with Gasteiger partial charge in [-0.25, -0.2) is 14.0 Å². The second kappa shape index (κ2) is 8.31. The lowest BCUT2D eigenvalue weighted by Crippen LogP contribution is -2.49. The van der Waals surface area contributed by atoms with E-state index in [1.807, 2.05) is 0 Å². The Kier molecular flexibility index (Phi) is 5.88. The fourth-order valence-electron chi connectivity index (χ4n) is 3.47. The lowest BCUT2D eigenvalue weighted by molar-refractivity contribution is -0.139. The minimum Gasteiger partial charge on any atom is -0.463 e. The molecule has 0 saturated carbocycles. The Morgan fingerprint density at radius 2 is 2.08 bits per heavy atom. The van der Waals surface area contributed by atoms with Crippen molar-refractivity contribution in [3.8, 4) is 0 Å². The number of benzene rings is 1. The van der Waals surface area contributed by atoms with Crippen molar-refractivity contribution in [1.82, 2.24) is 15.5 Å². The van der Waals surface area contributed by atoms with E-state index in [1.165, 1.54) is 18.6 Å². The van der Waals surface area contributed by atoms with Gasteiger partial charge in [-0.15, -0.1) is 0 Å². The van der Waals surface area contributed by atoms with Crippen LogP contribution >= 0.6 is 0 Å². The van der Waals surface area contributed by atoms with Crippen molar-refractivity contribution in [3.63, 3.8) is 0 Å². The van der Waals surface area contributed by atoms with Crippen LogP contribution in [-0.2, 0) is 9.53 Å². The third-order valence-electron chi connectivity index (χ3n) is 4.66. The first-order valence-electron chi connectivity index (χ1n) is 9.04. The van der Waals surface area contributed by atoms with Crippen LogP contribution in [0.5, 0.6) is 0 Å². The molecule has 0 aliphatic carbocycles. The Morgan fingerprint density at radius 3 is 2.77 bits per heavy atom. The van der Waals surface area contributed by atoms with E-state index in [-0.39, 0.29) is 6.61 Å². The summed E-state index contributed by atoms with van der Waals surface area (Å²) in [5.74, 6) is -0.919. The average molecular weight is 361 g/mol. The minimum absolute atomic E-state index is 0.225. The van der Waals surface area contributed by atoms with E-state index in [9.17, 15) is 14.0 Å². The van der Waals surface area contributed by atoms with Crippen molar-refractivity contribution in [1.29, 1.82) is 0 Å². The Labute approximate surface area is 152 Å². The van der Waals surface area contributed by atoms with Gasteiger partial charge in [-0.1, -0.05) is 18.6 Å². The molecular weight excluding hydrogens is 337 g/mol. The maximum Gasteiger partial charge on any atom is 0.338 e. The number of esters is 1. The number of carbonyl (C=O) groups is 2. The van der Waals surface area contributed by atoms with E-state index in [0.29, 0.717) is 23.4 Å². The topological polar surface area (TPSA) is 70.7 Å². The summed E-state index contributed by atoms with van der Waals surface area (Å²) in [7, 11) is 0. The molecule has 1 atom stereocenters. The minimum atomic E-state index is -0.738. The normalized spacial score (nSPS) is 21.2. The summed E-state index contributed by atoms with van der Waals surface area (Å²) in [4.78, 5) is 27.0. The van der Waals surface area contributed by atoms with E-state index in [2.05, 4.69) is 15.5 Å². The van der Waals surface area contributed by atoms with Gasteiger partial charge in [-0.05, 0) is 50.6 Å². The van der Waals surface area contributed by atoms with Gasteiger partial charge in [0.05, 0.1) is 18.2 Å². The highest BCUT2D eigenvalue weighted by molar-refractivity contribution is 5.95. The zero-order chi connectivity index (χ0) is 18.5. The third kappa shape index (κ3) is 4.22. The maximum atomic E-state index is 13.7. The monoisotopic (exact) mass is 361 g/mol. The van der Waals surface area contributed by atoms with Crippen LogP contribution in [0.25, 0.3) is 0 Å². The standard InChI is InChI=1S/C19H24FN3O3/c1-2-26-18(24)16-15(12-23-9-4-3-5-10-23)21-19(25)22-17(16)13-7-6-8-14(20)11-13/h6-8,11,17H,2-5,9-10,12H2,1H3,(H2,21,22,25). The van der Waals surface area contributed by atoms with Gasteiger partial charge in [0.1, 0.15) is 5.82 Å². The summed E-state index contributed by atoms with van der Waals surface area (Å²) in [5.41, 5.74) is 1.38. The lowest BCUT2D eigenvalue weighted by Gasteiger charge is -2.33. The molecule has 1 unspecified atom stereocenters. The molecular formula is C19H24FN3O3. The summed E-state index contributed by atoms with van der Waals surface area (Å²) in [6.07, 6.45) is 3.39. The molecule has 0 radical (unpaired) electrons. The highest BCUT2D eigenvalue weighted by Gasteiger charge is 2.34. The van der Waals surface area contributed by atoms with Crippen LogP contribution in [0.4, 0.5) is 9.18 Å². The number of halogens is 1. The molecule has 1 aromatic carbocycles. The smallest absolute Gasteiger partial charge is 0.338 e. The molecule has 1 saturated heterocycles. The second-order valence-electron chi connectivity index (χ2n) is 6.54. The number of carbonyl (C=O) groups excluding carboxylic acids is 2. The Balaban J connectivity index is 1.98. The zero-order valence-corrected chi connectivity index (χ0v) is 14.9. The predicted octanol–water partition coefficient (Wildman–Crippen LogP) is 2.48. The molecule has 2 aliphatic rings. The second-order valence-corrected chi connectivity index (χ2v) is 6.54. The van der Waals surface area contributed by atoms with Crippen molar-refractivity contribution < 1.29 is 18.7 Å². The molecule has 3 rings (SSSR count). The Bertz CT molecular complexity index is 714. The molecule has 6 nitrogen and oxygen atoms in total. The molecule has 2 aliphatic heterocycles. The number of urea groups is 1. The number of piperidine rings is 1. The van der Waals surface area contributed by atoms with Gasteiger partial charge >= 0.3 is 12.0 Å². The highest BCUT2D eigenvalue weighted by atomic mass is 19.1. The number of hydrogen-bond acceptors (Lipinski definition) is 4. The van der Waals surface area contributed by atoms with E-state index in [0.717, 1.165) is 25.9 Å². The number of likely N-dealkylation sites (tertiary alicyclic amines) is 1. The summed E-state index contributed by atoms with van der Waals surface area (Å²) in [6.45, 7) is 4.27. The van der Waals surface area contributed by atoms with Crippen LogP contribution in [0.1, 0.15) is 37.8 Å². The molecule has 2 amide bonds. The largest absolute Gasteiger partial charge is 0.463 e. The van der Waals surface area contributed by atoms with Gasteiger partial charge in [-0.3, -0.25) is 4.90 Å². The molecule has 2 N–H and O–H groups in total. The van der Waals surface area contributed by atoms with Crippen molar-refractivity contribution >= 4 is 12.0 Å². The molecule has 0 aromatic heterocycles. The molecule has 0 spiro atoms. The first-order valence-corrected chi connectivity index (χ1v) is 9.04.